The van der Waals surface area contributed by atoms with Gasteiger partial charge in [0, 0.05) is 12.6 Å². The molecule has 0 saturated heterocycles. The van der Waals surface area contributed by atoms with Gasteiger partial charge in [0.25, 0.3) is 0 Å². The molecule has 0 unspecified atom stereocenters. The van der Waals surface area contributed by atoms with Crippen molar-refractivity contribution >= 4 is 5.97 Å². The van der Waals surface area contributed by atoms with Gasteiger partial charge in [0.2, 0.25) is 0 Å². The molecule has 1 aromatic heterocycles. The van der Waals surface area contributed by atoms with E-state index in [1.54, 1.807) is 6.07 Å². The lowest BCUT2D eigenvalue weighted by Gasteiger charge is -2.04. The molecule has 6 heteroatoms. The van der Waals surface area contributed by atoms with Gasteiger partial charge in [-0.3, -0.25) is 9.55 Å². The quantitative estimate of drug-likeness (QED) is 0.823. The number of aromatic nitrogens is 2. The van der Waals surface area contributed by atoms with Crippen LogP contribution >= 0.6 is 0 Å². The topological polar surface area (TPSA) is 75.1 Å². The largest absolute Gasteiger partial charge is 0.477 e. The Morgan fingerprint density at radius 2 is 2.06 bits per heavy atom. The minimum absolute atomic E-state index is 0.0283. The molecule has 5 nitrogen and oxygen atoms in total. The summed E-state index contributed by atoms with van der Waals surface area (Å²) in [4.78, 5) is 24.5. The first-order valence-electron chi connectivity index (χ1n) is 4.79. The van der Waals surface area contributed by atoms with E-state index in [4.69, 9.17) is 5.11 Å². The third kappa shape index (κ3) is 1.73. The number of carbonyl (C=O) groups is 1. The van der Waals surface area contributed by atoms with Gasteiger partial charge in [-0.2, -0.15) is 0 Å². The predicted molar refractivity (Wildman–Crippen MR) is 58.4 cm³/mol. The van der Waals surface area contributed by atoms with Crippen LogP contribution in [0, 0.1) is 5.82 Å². The summed E-state index contributed by atoms with van der Waals surface area (Å²) in [6.07, 6.45) is 0. The Labute approximate surface area is 95.1 Å². The van der Waals surface area contributed by atoms with Crippen LogP contribution in [0.15, 0.2) is 29.1 Å². The molecular weight excluding hydrogens is 227 g/mol. The van der Waals surface area contributed by atoms with Crippen molar-refractivity contribution in [3.8, 4) is 11.3 Å². The number of nitrogens with zero attached hydrogens (tertiary/aromatic N) is 1. The van der Waals surface area contributed by atoms with Gasteiger partial charge in [-0.05, 0) is 12.1 Å². The summed E-state index contributed by atoms with van der Waals surface area (Å²) >= 11 is 0. The fourth-order valence-corrected chi connectivity index (χ4v) is 1.64. The number of aromatic carboxylic acids is 1. The molecular formula is C11H9FN2O3. The number of nitrogens with one attached hydrogen (secondary N) is 1. The summed E-state index contributed by atoms with van der Waals surface area (Å²) in [5.74, 6) is -1.88. The molecule has 2 N–H and O–H groups in total. The second-order valence-electron chi connectivity index (χ2n) is 3.50. The predicted octanol–water partition coefficient (Wildman–Crippen LogP) is 1.22. The van der Waals surface area contributed by atoms with Crippen molar-refractivity contribution in [2.45, 2.75) is 0 Å². The number of carboxylic acid groups (broad SMARTS) is 1. The summed E-state index contributed by atoms with van der Waals surface area (Å²) in [7, 11) is 1.38. The molecule has 1 aromatic carbocycles. The zero-order valence-corrected chi connectivity index (χ0v) is 8.90. The fourth-order valence-electron chi connectivity index (χ4n) is 1.64. The van der Waals surface area contributed by atoms with Crippen molar-refractivity contribution in [2.24, 2.45) is 7.05 Å². The second kappa shape index (κ2) is 3.89. The number of rotatable bonds is 2. The highest BCUT2D eigenvalue weighted by Gasteiger charge is 2.20. The van der Waals surface area contributed by atoms with Crippen LogP contribution in [0.3, 0.4) is 0 Å². The third-order valence-electron chi connectivity index (χ3n) is 2.45. The first-order valence-corrected chi connectivity index (χ1v) is 4.79. The van der Waals surface area contributed by atoms with Gasteiger partial charge >= 0.3 is 11.7 Å². The first-order chi connectivity index (χ1) is 8.02. The molecule has 0 saturated carbocycles. The summed E-state index contributed by atoms with van der Waals surface area (Å²) in [5, 5.41) is 8.95. The standard InChI is InChI=1S/C11H9FN2O3/c1-14-9(6-4-2-3-5-7(6)12)8(10(15)16)13-11(14)17/h2-5H,1H3,(H,13,17)(H,15,16). The van der Waals surface area contributed by atoms with Crippen molar-refractivity contribution in [2.75, 3.05) is 0 Å². The van der Waals surface area contributed by atoms with E-state index in [0.29, 0.717) is 0 Å². The molecule has 0 spiro atoms. The zero-order valence-electron chi connectivity index (χ0n) is 8.90. The van der Waals surface area contributed by atoms with Gasteiger partial charge in [-0.1, -0.05) is 12.1 Å². The number of carboxylic acids is 1. The molecule has 2 aromatic rings. The van der Waals surface area contributed by atoms with Crippen molar-refractivity contribution < 1.29 is 14.3 Å². The van der Waals surface area contributed by atoms with Gasteiger partial charge in [-0.15, -0.1) is 0 Å². The van der Waals surface area contributed by atoms with E-state index in [-0.39, 0.29) is 17.0 Å². The Morgan fingerprint density at radius 3 is 2.65 bits per heavy atom. The Hall–Kier alpha value is -2.37. The van der Waals surface area contributed by atoms with Crippen molar-refractivity contribution in [3.05, 3.63) is 46.3 Å². The minimum atomic E-state index is -1.30. The lowest BCUT2D eigenvalue weighted by atomic mass is 10.1. The third-order valence-corrected chi connectivity index (χ3v) is 2.45. The SMILES string of the molecule is Cn1c(-c2ccccc2F)c(C(=O)O)[nH]c1=O. The van der Waals surface area contributed by atoms with Crippen LogP contribution in [-0.2, 0) is 7.05 Å². The van der Waals surface area contributed by atoms with Crippen LogP contribution in [-0.4, -0.2) is 20.6 Å². The number of hydrogen-bond acceptors (Lipinski definition) is 2. The molecule has 1 heterocycles. The number of halogens is 1. The first kappa shape index (κ1) is 11.1. The van der Waals surface area contributed by atoms with E-state index in [1.165, 1.54) is 25.2 Å². The molecule has 0 aliphatic carbocycles. The number of imidazole rings is 1. The molecule has 88 valence electrons. The number of H-pyrrole nitrogens is 1. The number of hydrogen-bond donors (Lipinski definition) is 2. The van der Waals surface area contributed by atoms with Crippen LogP contribution < -0.4 is 5.69 Å². The Bertz CT molecular complexity index is 642. The summed E-state index contributed by atoms with van der Waals surface area (Å²) in [5.41, 5.74) is -0.811. The van der Waals surface area contributed by atoms with E-state index in [9.17, 15) is 14.0 Å². The van der Waals surface area contributed by atoms with Crippen molar-refractivity contribution in [1.29, 1.82) is 0 Å². The maximum absolute atomic E-state index is 13.6. The molecule has 0 amide bonds. The van der Waals surface area contributed by atoms with E-state index < -0.39 is 17.5 Å². The van der Waals surface area contributed by atoms with Gasteiger partial charge in [0.05, 0.1) is 5.69 Å². The van der Waals surface area contributed by atoms with Crippen LogP contribution in [0.25, 0.3) is 11.3 Å². The molecule has 0 radical (unpaired) electrons. The second-order valence-corrected chi connectivity index (χ2v) is 3.50. The van der Waals surface area contributed by atoms with Gasteiger partial charge in [0.1, 0.15) is 5.82 Å². The number of benzene rings is 1. The molecule has 0 aliphatic rings. The monoisotopic (exact) mass is 236 g/mol. The van der Waals surface area contributed by atoms with Gasteiger partial charge in [-0.25, -0.2) is 14.0 Å². The molecule has 17 heavy (non-hydrogen) atoms. The van der Waals surface area contributed by atoms with Crippen LogP contribution in [0.4, 0.5) is 4.39 Å². The lowest BCUT2D eigenvalue weighted by Crippen LogP contribution is -2.13. The highest BCUT2D eigenvalue weighted by Crippen LogP contribution is 2.23. The van der Waals surface area contributed by atoms with Gasteiger partial charge < -0.3 is 5.11 Å². The lowest BCUT2D eigenvalue weighted by molar-refractivity contribution is 0.0691. The van der Waals surface area contributed by atoms with Gasteiger partial charge in [0.15, 0.2) is 5.69 Å². The molecule has 0 fully saturated rings. The highest BCUT2D eigenvalue weighted by atomic mass is 19.1. The summed E-state index contributed by atoms with van der Waals surface area (Å²) in [6, 6.07) is 5.69. The van der Waals surface area contributed by atoms with Crippen LogP contribution in [0.2, 0.25) is 0 Å². The Morgan fingerprint density at radius 1 is 1.41 bits per heavy atom. The van der Waals surface area contributed by atoms with Crippen molar-refractivity contribution in [3.63, 3.8) is 0 Å². The Kier molecular flexibility index (Phi) is 2.55. The highest BCUT2D eigenvalue weighted by molar-refractivity contribution is 5.93. The molecule has 2 rings (SSSR count). The molecule has 0 aliphatic heterocycles. The average molecular weight is 236 g/mol. The maximum Gasteiger partial charge on any atom is 0.354 e. The summed E-state index contributed by atoms with van der Waals surface area (Å²) < 4.78 is 14.7. The smallest absolute Gasteiger partial charge is 0.354 e. The normalized spacial score (nSPS) is 10.5. The maximum atomic E-state index is 13.6. The van der Waals surface area contributed by atoms with E-state index in [2.05, 4.69) is 4.98 Å². The van der Waals surface area contributed by atoms with Crippen LogP contribution in [0.1, 0.15) is 10.5 Å². The van der Waals surface area contributed by atoms with E-state index in [0.717, 1.165) is 4.57 Å². The Balaban J connectivity index is 2.79. The summed E-state index contributed by atoms with van der Waals surface area (Å²) in [6.45, 7) is 0. The van der Waals surface area contributed by atoms with Crippen molar-refractivity contribution in [1.82, 2.24) is 9.55 Å². The fraction of sp³-hybridized carbons (Fsp3) is 0.0909. The molecule has 0 bridgehead atoms. The van der Waals surface area contributed by atoms with Crippen LogP contribution in [0.5, 0.6) is 0 Å². The van der Waals surface area contributed by atoms with E-state index >= 15 is 0 Å². The molecule has 0 atom stereocenters. The minimum Gasteiger partial charge on any atom is -0.477 e. The van der Waals surface area contributed by atoms with E-state index in [1.807, 2.05) is 0 Å². The number of aromatic amines is 1. The average Bonchev–Trinajstić information content (AvgIpc) is 2.57. The zero-order chi connectivity index (χ0) is 12.6.